The Hall–Kier alpha value is -1.70. The van der Waals surface area contributed by atoms with Gasteiger partial charge in [0.2, 0.25) is 0 Å². The molecule has 0 saturated carbocycles. The number of aromatic nitrogens is 4. The number of carbonyl (C=O) groups excluding carboxylic acids is 1. The average molecular weight is 254 g/mol. The predicted octanol–water partition coefficient (Wildman–Crippen LogP) is 0.0811. The van der Waals surface area contributed by atoms with Gasteiger partial charge in [0, 0.05) is 19.6 Å². The third kappa shape index (κ3) is 2.95. The van der Waals surface area contributed by atoms with Gasteiger partial charge in [0.25, 0.3) is 0 Å². The SMILES string of the molecule is CC(C)(C)OC(=O)N1CCNCC1c1nn[nH]n1. The number of aromatic amines is 1. The summed E-state index contributed by atoms with van der Waals surface area (Å²) in [6.07, 6.45) is -0.348. The number of ether oxygens (including phenoxy) is 1. The molecule has 0 aromatic carbocycles. The first-order chi connectivity index (χ1) is 8.47. The van der Waals surface area contributed by atoms with Crippen LogP contribution in [0.15, 0.2) is 0 Å². The fourth-order valence-electron chi connectivity index (χ4n) is 1.78. The van der Waals surface area contributed by atoms with E-state index in [1.807, 2.05) is 20.8 Å². The fourth-order valence-corrected chi connectivity index (χ4v) is 1.78. The summed E-state index contributed by atoms with van der Waals surface area (Å²) >= 11 is 0. The van der Waals surface area contributed by atoms with Crippen LogP contribution in [-0.2, 0) is 4.74 Å². The zero-order chi connectivity index (χ0) is 13.2. The third-order valence-corrected chi connectivity index (χ3v) is 2.53. The van der Waals surface area contributed by atoms with Crippen LogP contribution in [0, 0.1) is 0 Å². The minimum Gasteiger partial charge on any atom is -0.444 e. The van der Waals surface area contributed by atoms with Gasteiger partial charge >= 0.3 is 6.09 Å². The molecule has 1 unspecified atom stereocenters. The molecule has 0 radical (unpaired) electrons. The van der Waals surface area contributed by atoms with Gasteiger partial charge in [-0.2, -0.15) is 5.21 Å². The van der Waals surface area contributed by atoms with Gasteiger partial charge in [0.15, 0.2) is 5.82 Å². The van der Waals surface area contributed by atoms with E-state index >= 15 is 0 Å². The lowest BCUT2D eigenvalue weighted by Gasteiger charge is -2.35. The van der Waals surface area contributed by atoms with E-state index in [0.717, 1.165) is 6.54 Å². The quantitative estimate of drug-likeness (QED) is 0.737. The fraction of sp³-hybridized carbons (Fsp3) is 0.800. The van der Waals surface area contributed by atoms with Crippen molar-refractivity contribution in [3.63, 3.8) is 0 Å². The van der Waals surface area contributed by atoms with Gasteiger partial charge in [-0.25, -0.2) is 4.79 Å². The number of H-pyrrole nitrogens is 1. The third-order valence-electron chi connectivity index (χ3n) is 2.53. The summed E-state index contributed by atoms with van der Waals surface area (Å²) in [5.74, 6) is 0.494. The van der Waals surface area contributed by atoms with Crippen LogP contribution in [0.25, 0.3) is 0 Å². The predicted molar refractivity (Wildman–Crippen MR) is 62.7 cm³/mol. The van der Waals surface area contributed by atoms with Crippen LogP contribution in [0.2, 0.25) is 0 Å². The standard InChI is InChI=1S/C10H18N6O2/c1-10(2,3)18-9(17)16-5-4-11-6-7(16)8-12-14-15-13-8/h7,11H,4-6H2,1-3H3,(H,12,13,14,15). The van der Waals surface area contributed by atoms with Crippen LogP contribution in [-0.4, -0.2) is 56.9 Å². The normalized spacial score (nSPS) is 20.8. The molecule has 1 atom stereocenters. The molecule has 100 valence electrons. The Morgan fingerprint density at radius 1 is 1.50 bits per heavy atom. The van der Waals surface area contributed by atoms with Gasteiger partial charge in [-0.05, 0) is 20.8 Å². The Labute approximate surface area is 105 Å². The molecule has 8 nitrogen and oxygen atoms in total. The summed E-state index contributed by atoms with van der Waals surface area (Å²) in [6.45, 7) is 7.42. The smallest absolute Gasteiger partial charge is 0.411 e. The highest BCUT2D eigenvalue weighted by atomic mass is 16.6. The van der Waals surface area contributed by atoms with E-state index in [9.17, 15) is 4.79 Å². The van der Waals surface area contributed by atoms with E-state index in [1.165, 1.54) is 0 Å². The summed E-state index contributed by atoms with van der Waals surface area (Å²) < 4.78 is 5.38. The molecule has 1 aromatic heterocycles. The van der Waals surface area contributed by atoms with Gasteiger partial charge in [-0.1, -0.05) is 5.21 Å². The van der Waals surface area contributed by atoms with Crippen molar-refractivity contribution >= 4 is 6.09 Å². The number of carbonyl (C=O) groups is 1. The lowest BCUT2D eigenvalue weighted by atomic mass is 10.2. The molecule has 2 rings (SSSR count). The second kappa shape index (κ2) is 4.89. The second-order valence-electron chi connectivity index (χ2n) is 5.16. The van der Waals surface area contributed by atoms with Crippen LogP contribution < -0.4 is 5.32 Å². The Balaban J connectivity index is 2.11. The van der Waals surface area contributed by atoms with Gasteiger partial charge in [0.05, 0.1) is 0 Å². The Bertz CT molecular complexity index is 399. The number of hydrogen-bond donors (Lipinski definition) is 2. The molecular weight excluding hydrogens is 236 g/mol. The first-order valence-electron chi connectivity index (χ1n) is 5.91. The van der Waals surface area contributed by atoms with Gasteiger partial charge < -0.3 is 10.1 Å². The Morgan fingerprint density at radius 3 is 2.89 bits per heavy atom. The van der Waals surface area contributed by atoms with E-state index in [4.69, 9.17) is 4.74 Å². The number of nitrogens with one attached hydrogen (secondary N) is 2. The lowest BCUT2D eigenvalue weighted by Crippen LogP contribution is -2.50. The highest BCUT2D eigenvalue weighted by Gasteiger charge is 2.33. The van der Waals surface area contributed by atoms with Crippen molar-refractivity contribution in [2.45, 2.75) is 32.4 Å². The summed E-state index contributed by atoms with van der Waals surface area (Å²) in [6, 6.07) is -0.243. The van der Waals surface area contributed by atoms with Crippen molar-refractivity contribution in [3.05, 3.63) is 5.82 Å². The Morgan fingerprint density at radius 2 is 2.28 bits per heavy atom. The molecular formula is C10H18N6O2. The minimum absolute atomic E-state index is 0.243. The first kappa shape index (κ1) is 12.7. The van der Waals surface area contributed by atoms with Gasteiger partial charge in [-0.15, -0.1) is 10.2 Å². The molecule has 8 heteroatoms. The summed E-state index contributed by atoms with van der Waals surface area (Å²) in [5, 5.41) is 17.0. The van der Waals surface area contributed by atoms with E-state index in [1.54, 1.807) is 4.90 Å². The Kier molecular flexibility index (Phi) is 3.46. The monoisotopic (exact) mass is 254 g/mol. The van der Waals surface area contributed by atoms with Gasteiger partial charge in [0.1, 0.15) is 11.6 Å². The molecule has 0 spiro atoms. The summed E-state index contributed by atoms with van der Waals surface area (Å²) in [4.78, 5) is 13.7. The van der Waals surface area contributed by atoms with Crippen LogP contribution in [0.4, 0.5) is 4.79 Å². The van der Waals surface area contributed by atoms with Crippen molar-refractivity contribution in [2.24, 2.45) is 0 Å². The number of tetrazole rings is 1. The van der Waals surface area contributed by atoms with Crippen LogP contribution in [0.3, 0.4) is 0 Å². The summed E-state index contributed by atoms with van der Waals surface area (Å²) in [7, 11) is 0. The maximum absolute atomic E-state index is 12.1. The molecule has 1 amide bonds. The lowest BCUT2D eigenvalue weighted by molar-refractivity contribution is 0.0108. The van der Waals surface area contributed by atoms with Crippen molar-refractivity contribution in [3.8, 4) is 0 Å². The van der Waals surface area contributed by atoms with Crippen LogP contribution in [0.5, 0.6) is 0 Å². The molecule has 2 heterocycles. The minimum atomic E-state index is -0.510. The van der Waals surface area contributed by atoms with E-state index in [-0.39, 0.29) is 12.1 Å². The molecule has 18 heavy (non-hydrogen) atoms. The highest BCUT2D eigenvalue weighted by Crippen LogP contribution is 2.21. The number of nitrogens with zero attached hydrogens (tertiary/aromatic N) is 4. The van der Waals surface area contributed by atoms with Gasteiger partial charge in [-0.3, -0.25) is 4.90 Å². The molecule has 1 saturated heterocycles. The molecule has 1 aliphatic rings. The second-order valence-corrected chi connectivity index (χ2v) is 5.16. The van der Waals surface area contributed by atoms with Crippen molar-refractivity contribution in [1.29, 1.82) is 0 Å². The number of hydrogen-bond acceptors (Lipinski definition) is 6. The van der Waals surface area contributed by atoms with E-state index in [0.29, 0.717) is 18.9 Å². The molecule has 1 aromatic rings. The first-order valence-corrected chi connectivity index (χ1v) is 5.91. The highest BCUT2D eigenvalue weighted by molar-refractivity contribution is 5.68. The molecule has 0 bridgehead atoms. The van der Waals surface area contributed by atoms with Crippen LogP contribution in [0.1, 0.15) is 32.6 Å². The van der Waals surface area contributed by atoms with E-state index < -0.39 is 5.60 Å². The van der Waals surface area contributed by atoms with Crippen molar-refractivity contribution in [2.75, 3.05) is 19.6 Å². The average Bonchev–Trinajstić information content (AvgIpc) is 2.80. The maximum Gasteiger partial charge on any atom is 0.411 e. The van der Waals surface area contributed by atoms with Crippen molar-refractivity contribution < 1.29 is 9.53 Å². The zero-order valence-electron chi connectivity index (χ0n) is 10.8. The number of amides is 1. The number of piperazine rings is 1. The molecule has 1 fully saturated rings. The molecule has 1 aliphatic heterocycles. The summed E-state index contributed by atoms with van der Waals surface area (Å²) in [5.41, 5.74) is -0.510. The molecule has 0 aliphatic carbocycles. The zero-order valence-corrected chi connectivity index (χ0v) is 10.8. The van der Waals surface area contributed by atoms with Crippen molar-refractivity contribution in [1.82, 2.24) is 30.8 Å². The maximum atomic E-state index is 12.1. The van der Waals surface area contributed by atoms with E-state index in [2.05, 4.69) is 25.9 Å². The number of rotatable bonds is 1. The molecule has 2 N–H and O–H groups in total. The topological polar surface area (TPSA) is 96.0 Å². The largest absolute Gasteiger partial charge is 0.444 e. The van der Waals surface area contributed by atoms with Crippen LogP contribution >= 0.6 is 0 Å².